The van der Waals surface area contributed by atoms with Crippen LogP contribution in [0.4, 0.5) is 5.69 Å². The van der Waals surface area contributed by atoms with Crippen LogP contribution in [0.1, 0.15) is 28.8 Å². The molecular formula is C22H25N3O6S. The van der Waals surface area contributed by atoms with E-state index in [0.717, 1.165) is 23.3 Å². The number of amides is 2. The van der Waals surface area contributed by atoms with Crippen LogP contribution in [0.3, 0.4) is 0 Å². The lowest BCUT2D eigenvalue weighted by molar-refractivity contribution is -0.136. The van der Waals surface area contributed by atoms with E-state index >= 15 is 0 Å². The van der Waals surface area contributed by atoms with Gasteiger partial charge in [-0.05, 0) is 50.1 Å². The van der Waals surface area contributed by atoms with Crippen LogP contribution in [0.15, 0.2) is 53.4 Å². The van der Waals surface area contributed by atoms with Gasteiger partial charge in [-0.2, -0.15) is 0 Å². The molecule has 2 N–H and O–H groups in total. The molecule has 3 rings (SSSR count). The van der Waals surface area contributed by atoms with Crippen LogP contribution in [0.2, 0.25) is 0 Å². The van der Waals surface area contributed by atoms with Crippen molar-refractivity contribution in [2.75, 3.05) is 25.5 Å². The van der Waals surface area contributed by atoms with Gasteiger partial charge in [0, 0.05) is 18.8 Å². The molecule has 0 unspecified atom stereocenters. The summed E-state index contributed by atoms with van der Waals surface area (Å²) in [6.45, 7) is 1.13. The second kappa shape index (κ2) is 9.92. The molecule has 0 atom stereocenters. The number of likely N-dealkylation sites (N-methyl/N-ethyl adjacent to an activating group) is 1. The average molecular weight is 460 g/mol. The molecule has 32 heavy (non-hydrogen) atoms. The van der Waals surface area contributed by atoms with Crippen LogP contribution in [0.5, 0.6) is 0 Å². The third-order valence-corrected chi connectivity index (χ3v) is 6.27. The van der Waals surface area contributed by atoms with Gasteiger partial charge in [-0.15, -0.1) is 0 Å². The lowest BCUT2D eigenvalue weighted by Gasteiger charge is -2.17. The first-order valence-electron chi connectivity index (χ1n) is 10.0. The molecule has 0 aromatic heterocycles. The Morgan fingerprint density at radius 1 is 1.09 bits per heavy atom. The highest BCUT2D eigenvalue weighted by atomic mass is 32.2. The van der Waals surface area contributed by atoms with Crippen molar-refractivity contribution >= 4 is 33.5 Å². The summed E-state index contributed by atoms with van der Waals surface area (Å²) in [6, 6.07) is 12.6. The van der Waals surface area contributed by atoms with Crippen molar-refractivity contribution in [3.8, 4) is 0 Å². The Morgan fingerprint density at radius 2 is 1.78 bits per heavy atom. The number of hydrogen-bond donors (Lipinski definition) is 2. The summed E-state index contributed by atoms with van der Waals surface area (Å²) in [4.78, 5) is 37.7. The summed E-state index contributed by atoms with van der Waals surface area (Å²) < 4.78 is 32.1. The van der Waals surface area contributed by atoms with Crippen molar-refractivity contribution in [3.63, 3.8) is 0 Å². The number of sulfonamides is 1. The zero-order chi connectivity index (χ0) is 23.3. The first kappa shape index (κ1) is 23.4. The normalized spacial score (nSPS) is 13.3. The van der Waals surface area contributed by atoms with E-state index in [4.69, 9.17) is 4.74 Å². The number of hydrogen-bond acceptors (Lipinski definition) is 6. The standard InChI is InChI=1S/C22H25N3O6S/c1-15-6-8-17(9-7-15)23-20(26)13-25(2)21(27)14-31-22(28)16-4-3-5-19(12-16)32(29,30)24-18-10-11-18/h3-9,12,18,24H,10-11,13-14H2,1-2H3,(H,23,26). The second-order valence-corrected chi connectivity index (χ2v) is 9.38. The lowest BCUT2D eigenvalue weighted by atomic mass is 10.2. The molecule has 10 heteroatoms. The van der Waals surface area contributed by atoms with E-state index in [0.29, 0.717) is 5.69 Å². The van der Waals surface area contributed by atoms with Gasteiger partial charge in [0.15, 0.2) is 6.61 Å². The van der Waals surface area contributed by atoms with E-state index in [9.17, 15) is 22.8 Å². The van der Waals surface area contributed by atoms with Crippen LogP contribution in [0, 0.1) is 6.92 Å². The van der Waals surface area contributed by atoms with E-state index in [1.807, 2.05) is 19.1 Å². The summed E-state index contributed by atoms with van der Waals surface area (Å²) in [6.07, 6.45) is 1.58. The minimum absolute atomic E-state index is 0.0104. The van der Waals surface area contributed by atoms with Crippen LogP contribution >= 0.6 is 0 Å². The fourth-order valence-corrected chi connectivity index (χ4v) is 4.09. The van der Waals surface area contributed by atoms with Crippen LogP contribution in [-0.2, 0) is 24.3 Å². The van der Waals surface area contributed by atoms with E-state index in [2.05, 4.69) is 10.0 Å². The zero-order valence-electron chi connectivity index (χ0n) is 17.8. The molecule has 1 aliphatic rings. The average Bonchev–Trinajstić information content (AvgIpc) is 3.56. The van der Waals surface area contributed by atoms with Gasteiger partial charge in [-0.3, -0.25) is 9.59 Å². The molecule has 0 bridgehead atoms. The number of nitrogens with one attached hydrogen (secondary N) is 2. The van der Waals surface area contributed by atoms with Crippen LogP contribution < -0.4 is 10.0 Å². The SMILES string of the molecule is Cc1ccc(NC(=O)CN(C)C(=O)COC(=O)c2cccc(S(=O)(=O)NC3CC3)c2)cc1. The van der Waals surface area contributed by atoms with Crippen molar-refractivity contribution in [2.45, 2.75) is 30.7 Å². The number of nitrogens with zero attached hydrogens (tertiary/aromatic N) is 1. The van der Waals surface area contributed by atoms with Gasteiger partial charge in [0.2, 0.25) is 15.9 Å². The van der Waals surface area contributed by atoms with Gasteiger partial charge in [-0.1, -0.05) is 23.8 Å². The minimum Gasteiger partial charge on any atom is -0.452 e. The molecule has 1 aliphatic carbocycles. The topological polar surface area (TPSA) is 122 Å². The Labute approximate surface area is 186 Å². The van der Waals surface area contributed by atoms with Gasteiger partial charge >= 0.3 is 5.97 Å². The van der Waals surface area contributed by atoms with Crippen molar-refractivity contribution in [1.82, 2.24) is 9.62 Å². The van der Waals surface area contributed by atoms with Crippen molar-refractivity contribution in [1.29, 1.82) is 0 Å². The maximum absolute atomic E-state index is 12.3. The molecule has 0 heterocycles. The Balaban J connectivity index is 1.50. The monoisotopic (exact) mass is 459 g/mol. The molecule has 0 radical (unpaired) electrons. The van der Waals surface area contributed by atoms with Gasteiger partial charge in [0.1, 0.15) is 0 Å². The number of esters is 1. The van der Waals surface area contributed by atoms with Gasteiger partial charge in [0.25, 0.3) is 5.91 Å². The number of rotatable bonds is 9. The third kappa shape index (κ3) is 6.63. The summed E-state index contributed by atoms with van der Waals surface area (Å²) in [5.74, 6) is -1.80. The molecule has 170 valence electrons. The second-order valence-electron chi connectivity index (χ2n) is 7.66. The highest BCUT2D eigenvalue weighted by Crippen LogP contribution is 2.22. The molecule has 2 aromatic carbocycles. The summed E-state index contributed by atoms with van der Waals surface area (Å²) in [5, 5.41) is 2.68. The van der Waals surface area contributed by atoms with Crippen molar-refractivity contribution in [2.24, 2.45) is 0 Å². The zero-order valence-corrected chi connectivity index (χ0v) is 18.6. The maximum atomic E-state index is 12.3. The number of carbonyl (C=O) groups is 3. The fraction of sp³-hybridized carbons (Fsp3) is 0.318. The summed E-state index contributed by atoms with van der Waals surface area (Å²) in [5.41, 5.74) is 1.68. The Kier molecular flexibility index (Phi) is 7.26. The number of benzene rings is 2. The van der Waals surface area contributed by atoms with E-state index < -0.39 is 34.4 Å². The van der Waals surface area contributed by atoms with Crippen LogP contribution in [0.25, 0.3) is 0 Å². The maximum Gasteiger partial charge on any atom is 0.338 e. The molecule has 0 saturated heterocycles. The Hall–Kier alpha value is -3.24. The quantitative estimate of drug-likeness (QED) is 0.551. The first-order valence-corrected chi connectivity index (χ1v) is 11.5. The number of aryl methyl sites for hydroxylation is 1. The third-order valence-electron chi connectivity index (χ3n) is 4.75. The van der Waals surface area contributed by atoms with E-state index in [-0.39, 0.29) is 23.0 Å². The molecular weight excluding hydrogens is 434 g/mol. The minimum atomic E-state index is -3.72. The summed E-state index contributed by atoms with van der Waals surface area (Å²) in [7, 11) is -2.30. The molecule has 1 saturated carbocycles. The smallest absolute Gasteiger partial charge is 0.338 e. The number of carbonyl (C=O) groups excluding carboxylic acids is 3. The van der Waals surface area contributed by atoms with Gasteiger partial charge in [0.05, 0.1) is 17.0 Å². The van der Waals surface area contributed by atoms with Gasteiger partial charge in [-0.25, -0.2) is 17.9 Å². The fourth-order valence-electron chi connectivity index (χ4n) is 2.74. The molecule has 9 nitrogen and oxygen atoms in total. The Bertz CT molecular complexity index is 1110. The van der Waals surface area contributed by atoms with Crippen molar-refractivity contribution in [3.05, 3.63) is 59.7 Å². The predicted octanol–water partition coefficient (Wildman–Crippen LogP) is 1.69. The van der Waals surface area contributed by atoms with E-state index in [1.165, 1.54) is 31.3 Å². The molecule has 0 aliphatic heterocycles. The first-order chi connectivity index (χ1) is 15.1. The molecule has 2 amide bonds. The predicted molar refractivity (Wildman–Crippen MR) is 118 cm³/mol. The molecule has 2 aromatic rings. The highest BCUT2D eigenvalue weighted by Gasteiger charge is 2.28. The van der Waals surface area contributed by atoms with E-state index in [1.54, 1.807) is 12.1 Å². The largest absolute Gasteiger partial charge is 0.452 e. The van der Waals surface area contributed by atoms with Crippen LogP contribution in [-0.4, -0.2) is 57.3 Å². The van der Waals surface area contributed by atoms with Gasteiger partial charge < -0.3 is 15.0 Å². The molecule has 1 fully saturated rings. The summed E-state index contributed by atoms with van der Waals surface area (Å²) >= 11 is 0. The van der Waals surface area contributed by atoms with Crippen molar-refractivity contribution < 1.29 is 27.5 Å². The molecule has 0 spiro atoms. The highest BCUT2D eigenvalue weighted by molar-refractivity contribution is 7.89. The lowest BCUT2D eigenvalue weighted by Crippen LogP contribution is -2.37. The number of anilines is 1. The number of ether oxygens (including phenoxy) is 1. The Morgan fingerprint density at radius 3 is 2.44 bits per heavy atom.